The minimum absolute atomic E-state index is 0.125. The monoisotopic (exact) mass is 402 g/mol. The number of pyridine rings is 1. The van der Waals surface area contributed by atoms with E-state index >= 15 is 0 Å². The van der Waals surface area contributed by atoms with Gasteiger partial charge in [0.25, 0.3) is 5.91 Å². The number of piperazine rings is 1. The van der Waals surface area contributed by atoms with Gasteiger partial charge in [0.1, 0.15) is 5.82 Å². The molecular formula is C20H26N4O3S. The van der Waals surface area contributed by atoms with Gasteiger partial charge in [0.05, 0.1) is 10.5 Å². The molecule has 1 aliphatic rings. The van der Waals surface area contributed by atoms with E-state index in [-0.39, 0.29) is 19.0 Å². The molecule has 28 heavy (non-hydrogen) atoms. The quantitative estimate of drug-likeness (QED) is 0.781. The Morgan fingerprint density at radius 2 is 1.71 bits per heavy atom. The Bertz CT molecular complexity index is 981. The van der Waals surface area contributed by atoms with Gasteiger partial charge in [-0.1, -0.05) is 6.07 Å². The number of carbonyl (C=O) groups excluding carboxylic acids is 1. The summed E-state index contributed by atoms with van der Waals surface area (Å²) in [4.78, 5) is 21.0. The highest BCUT2D eigenvalue weighted by Crippen LogP contribution is 2.22. The number of nitrogens with zero attached hydrogens (tertiary/aromatic N) is 4. The maximum atomic E-state index is 12.9. The first kappa shape index (κ1) is 20.3. The van der Waals surface area contributed by atoms with E-state index in [0.717, 1.165) is 11.1 Å². The fourth-order valence-electron chi connectivity index (χ4n) is 3.25. The Kier molecular flexibility index (Phi) is 5.71. The van der Waals surface area contributed by atoms with Crippen molar-refractivity contribution in [1.82, 2.24) is 14.2 Å². The highest BCUT2D eigenvalue weighted by Gasteiger charge is 2.31. The molecular weight excluding hydrogens is 376 g/mol. The minimum atomic E-state index is -3.56. The average molecular weight is 403 g/mol. The standard InChI is InChI=1S/C20H26N4O3S/c1-15-7-8-17(14-16(15)2)28(26,27)24-12-10-23(11-13-24)20(25)18-6-5-9-21-19(18)22(3)4/h5-9,14H,10-13H2,1-4H3. The van der Waals surface area contributed by atoms with Crippen molar-refractivity contribution in [2.24, 2.45) is 0 Å². The first-order valence-corrected chi connectivity index (χ1v) is 10.6. The lowest BCUT2D eigenvalue weighted by molar-refractivity contribution is 0.0698. The number of anilines is 1. The third kappa shape index (κ3) is 3.88. The summed E-state index contributed by atoms with van der Waals surface area (Å²) in [6.07, 6.45) is 1.65. The molecule has 0 aliphatic carbocycles. The molecule has 0 unspecified atom stereocenters. The smallest absolute Gasteiger partial charge is 0.257 e. The van der Waals surface area contributed by atoms with Crippen LogP contribution in [0.1, 0.15) is 21.5 Å². The van der Waals surface area contributed by atoms with Crippen LogP contribution in [0.5, 0.6) is 0 Å². The van der Waals surface area contributed by atoms with E-state index in [4.69, 9.17) is 0 Å². The van der Waals surface area contributed by atoms with Crippen molar-refractivity contribution in [3.05, 3.63) is 53.2 Å². The molecule has 1 aromatic heterocycles. The Labute approximate surface area is 166 Å². The van der Waals surface area contributed by atoms with Crippen LogP contribution < -0.4 is 4.90 Å². The van der Waals surface area contributed by atoms with Gasteiger partial charge in [-0.05, 0) is 49.2 Å². The molecule has 0 spiro atoms. The van der Waals surface area contributed by atoms with Crippen molar-refractivity contribution < 1.29 is 13.2 Å². The summed E-state index contributed by atoms with van der Waals surface area (Å²) >= 11 is 0. The zero-order chi connectivity index (χ0) is 20.5. The summed E-state index contributed by atoms with van der Waals surface area (Å²) in [5.74, 6) is 0.484. The molecule has 1 amide bonds. The first-order valence-electron chi connectivity index (χ1n) is 9.21. The number of hydrogen-bond donors (Lipinski definition) is 0. The van der Waals surface area contributed by atoms with Gasteiger partial charge >= 0.3 is 0 Å². The van der Waals surface area contributed by atoms with Crippen LogP contribution in [0.3, 0.4) is 0 Å². The fraction of sp³-hybridized carbons (Fsp3) is 0.400. The van der Waals surface area contributed by atoms with Gasteiger partial charge in [0.2, 0.25) is 10.0 Å². The Morgan fingerprint density at radius 1 is 1.04 bits per heavy atom. The molecule has 0 atom stereocenters. The van der Waals surface area contributed by atoms with Crippen molar-refractivity contribution in [2.45, 2.75) is 18.7 Å². The van der Waals surface area contributed by atoms with Crippen LogP contribution in [0, 0.1) is 13.8 Å². The van der Waals surface area contributed by atoms with Crippen LogP contribution in [0.2, 0.25) is 0 Å². The molecule has 0 radical (unpaired) electrons. The Hall–Kier alpha value is -2.45. The topological polar surface area (TPSA) is 73.8 Å². The number of benzene rings is 1. The van der Waals surface area contributed by atoms with Crippen molar-refractivity contribution >= 4 is 21.7 Å². The van der Waals surface area contributed by atoms with E-state index in [1.54, 1.807) is 40.3 Å². The molecule has 0 bridgehead atoms. The van der Waals surface area contributed by atoms with Crippen LogP contribution in [0.15, 0.2) is 41.4 Å². The van der Waals surface area contributed by atoms with E-state index < -0.39 is 10.0 Å². The van der Waals surface area contributed by atoms with Crippen LogP contribution in [0.25, 0.3) is 0 Å². The second-order valence-electron chi connectivity index (χ2n) is 7.21. The van der Waals surface area contributed by atoms with Crippen LogP contribution in [-0.4, -0.2) is 68.8 Å². The van der Waals surface area contributed by atoms with Crippen LogP contribution >= 0.6 is 0 Å². The predicted octanol–water partition coefficient (Wildman–Crippen LogP) is 1.91. The number of rotatable bonds is 4. The van der Waals surface area contributed by atoms with Crippen molar-refractivity contribution in [3.63, 3.8) is 0 Å². The highest BCUT2D eigenvalue weighted by atomic mass is 32.2. The second kappa shape index (κ2) is 7.89. The molecule has 150 valence electrons. The predicted molar refractivity (Wildman–Crippen MR) is 109 cm³/mol. The largest absolute Gasteiger partial charge is 0.362 e. The number of carbonyl (C=O) groups is 1. The van der Waals surface area contributed by atoms with Gasteiger partial charge < -0.3 is 9.80 Å². The molecule has 0 N–H and O–H groups in total. The van der Waals surface area contributed by atoms with Gasteiger partial charge in [0.15, 0.2) is 0 Å². The van der Waals surface area contributed by atoms with E-state index in [1.807, 2.05) is 34.0 Å². The maximum Gasteiger partial charge on any atom is 0.257 e. The van der Waals surface area contributed by atoms with E-state index in [1.165, 1.54) is 4.31 Å². The number of sulfonamides is 1. The highest BCUT2D eigenvalue weighted by molar-refractivity contribution is 7.89. The Balaban J connectivity index is 1.74. The van der Waals surface area contributed by atoms with Gasteiger partial charge in [-0.15, -0.1) is 0 Å². The van der Waals surface area contributed by atoms with Gasteiger partial charge in [-0.2, -0.15) is 4.31 Å². The van der Waals surface area contributed by atoms with Gasteiger partial charge in [-0.3, -0.25) is 4.79 Å². The van der Waals surface area contributed by atoms with Crippen LogP contribution in [0.4, 0.5) is 5.82 Å². The molecule has 3 rings (SSSR count). The van der Waals surface area contributed by atoms with E-state index in [9.17, 15) is 13.2 Å². The molecule has 1 aliphatic heterocycles. The van der Waals surface area contributed by atoms with Crippen molar-refractivity contribution in [3.8, 4) is 0 Å². The zero-order valence-corrected chi connectivity index (χ0v) is 17.5. The fourth-order valence-corrected chi connectivity index (χ4v) is 4.75. The van der Waals surface area contributed by atoms with E-state index in [2.05, 4.69) is 4.98 Å². The summed E-state index contributed by atoms with van der Waals surface area (Å²) in [6, 6.07) is 8.67. The second-order valence-corrected chi connectivity index (χ2v) is 9.15. The molecule has 1 fully saturated rings. The van der Waals surface area contributed by atoms with Crippen LogP contribution in [-0.2, 0) is 10.0 Å². The number of aryl methyl sites for hydroxylation is 2. The summed E-state index contributed by atoms with van der Waals surface area (Å²) in [5, 5.41) is 0. The zero-order valence-electron chi connectivity index (χ0n) is 16.7. The molecule has 2 aromatic rings. The molecule has 1 saturated heterocycles. The first-order chi connectivity index (χ1) is 13.2. The van der Waals surface area contributed by atoms with Crippen molar-refractivity contribution in [1.29, 1.82) is 0 Å². The lowest BCUT2D eigenvalue weighted by atomic mass is 10.1. The number of amides is 1. The van der Waals surface area contributed by atoms with E-state index in [0.29, 0.717) is 29.4 Å². The third-order valence-electron chi connectivity index (χ3n) is 5.08. The molecule has 1 aromatic carbocycles. The molecule has 7 nitrogen and oxygen atoms in total. The summed E-state index contributed by atoms with van der Waals surface area (Å²) in [5.41, 5.74) is 2.53. The van der Waals surface area contributed by atoms with Gasteiger partial charge in [0, 0.05) is 46.5 Å². The number of hydrogen-bond acceptors (Lipinski definition) is 5. The Morgan fingerprint density at radius 3 is 2.32 bits per heavy atom. The lowest BCUT2D eigenvalue weighted by Crippen LogP contribution is -2.50. The third-order valence-corrected chi connectivity index (χ3v) is 6.98. The SMILES string of the molecule is Cc1ccc(S(=O)(=O)N2CCN(C(=O)c3cccnc3N(C)C)CC2)cc1C. The maximum absolute atomic E-state index is 12.9. The molecule has 2 heterocycles. The van der Waals surface area contributed by atoms with Gasteiger partial charge in [-0.25, -0.2) is 13.4 Å². The summed E-state index contributed by atoms with van der Waals surface area (Å²) < 4.78 is 27.3. The summed E-state index contributed by atoms with van der Waals surface area (Å²) in [7, 11) is 0.119. The average Bonchev–Trinajstić information content (AvgIpc) is 2.69. The molecule has 0 saturated carbocycles. The normalized spacial score (nSPS) is 15.5. The van der Waals surface area contributed by atoms with Crippen molar-refractivity contribution in [2.75, 3.05) is 45.2 Å². The number of aromatic nitrogens is 1. The summed E-state index contributed by atoms with van der Waals surface area (Å²) in [6.45, 7) is 5.12. The minimum Gasteiger partial charge on any atom is -0.362 e. The lowest BCUT2D eigenvalue weighted by Gasteiger charge is -2.34. The molecule has 8 heteroatoms.